The molecule has 0 saturated heterocycles. The maximum atomic E-state index is 11.2. The zero-order valence-corrected chi connectivity index (χ0v) is 10.1. The maximum absolute atomic E-state index is 11.2. The van der Waals surface area contributed by atoms with E-state index in [4.69, 9.17) is 10.5 Å². The molecule has 3 nitrogen and oxygen atoms in total. The molecule has 0 heterocycles. The molecule has 1 rings (SSSR count). The molecule has 0 aliphatic heterocycles. The summed E-state index contributed by atoms with van der Waals surface area (Å²) in [4.78, 5) is 11.2. The molecule has 1 aromatic rings. The first-order valence-corrected chi connectivity index (χ1v) is 5.41. The van der Waals surface area contributed by atoms with Gasteiger partial charge in [-0.1, -0.05) is 0 Å². The lowest BCUT2D eigenvalue weighted by Gasteiger charge is -2.05. The van der Waals surface area contributed by atoms with E-state index in [-0.39, 0.29) is 12.4 Å². The number of anilines is 1. The predicted octanol–water partition coefficient (Wildman–Crippen LogP) is 1.98. The Kier molecular flexibility index (Phi) is 4.19. The number of ether oxygens (including phenoxy) is 1. The van der Waals surface area contributed by atoms with Gasteiger partial charge in [-0.05, 0) is 53.3 Å². The van der Waals surface area contributed by atoms with Gasteiger partial charge < -0.3 is 10.5 Å². The SMILES string of the molecule is CCOC(=O)Cc1cc(N)ccc1I. The summed E-state index contributed by atoms with van der Waals surface area (Å²) in [7, 11) is 0. The van der Waals surface area contributed by atoms with Crippen LogP contribution < -0.4 is 5.73 Å². The summed E-state index contributed by atoms with van der Waals surface area (Å²) in [6.07, 6.45) is 0.289. The average Bonchev–Trinajstić information content (AvgIpc) is 2.12. The average molecular weight is 305 g/mol. The molecule has 0 atom stereocenters. The van der Waals surface area contributed by atoms with Gasteiger partial charge in [0, 0.05) is 9.26 Å². The zero-order chi connectivity index (χ0) is 10.6. The maximum Gasteiger partial charge on any atom is 0.310 e. The van der Waals surface area contributed by atoms with E-state index in [0.29, 0.717) is 12.3 Å². The van der Waals surface area contributed by atoms with E-state index in [1.807, 2.05) is 12.1 Å². The number of hydrogen-bond acceptors (Lipinski definition) is 3. The fraction of sp³-hybridized carbons (Fsp3) is 0.300. The van der Waals surface area contributed by atoms with E-state index in [0.717, 1.165) is 9.13 Å². The molecule has 0 aromatic heterocycles. The molecule has 2 N–H and O–H groups in total. The molecular formula is C10H12INO2. The zero-order valence-electron chi connectivity index (χ0n) is 7.92. The Morgan fingerprint density at radius 2 is 2.29 bits per heavy atom. The van der Waals surface area contributed by atoms with Gasteiger partial charge in [0.25, 0.3) is 0 Å². The molecule has 4 heteroatoms. The van der Waals surface area contributed by atoms with E-state index in [2.05, 4.69) is 22.6 Å². The summed E-state index contributed by atoms with van der Waals surface area (Å²) in [5.41, 5.74) is 7.21. The number of nitrogens with two attached hydrogens (primary N) is 1. The number of halogens is 1. The van der Waals surface area contributed by atoms with Gasteiger partial charge in [0.05, 0.1) is 13.0 Å². The third-order valence-corrected chi connectivity index (χ3v) is 2.76. The largest absolute Gasteiger partial charge is 0.466 e. The van der Waals surface area contributed by atoms with Crippen LogP contribution in [0.3, 0.4) is 0 Å². The molecule has 0 aliphatic rings. The first kappa shape index (κ1) is 11.3. The summed E-state index contributed by atoms with van der Waals surface area (Å²) in [5.74, 6) is -0.212. The van der Waals surface area contributed by atoms with E-state index in [1.165, 1.54) is 0 Å². The topological polar surface area (TPSA) is 52.3 Å². The van der Waals surface area contributed by atoms with Crippen molar-refractivity contribution in [3.8, 4) is 0 Å². The highest BCUT2D eigenvalue weighted by molar-refractivity contribution is 14.1. The highest BCUT2D eigenvalue weighted by Crippen LogP contribution is 2.16. The Labute approximate surface area is 96.8 Å². The number of esters is 1. The van der Waals surface area contributed by atoms with Gasteiger partial charge in [0.1, 0.15) is 0 Å². The number of carbonyl (C=O) groups is 1. The molecule has 0 bridgehead atoms. The normalized spacial score (nSPS) is 9.86. The van der Waals surface area contributed by atoms with Crippen LogP contribution in [0.15, 0.2) is 18.2 Å². The standard InChI is InChI=1S/C10H12INO2/c1-2-14-10(13)6-7-5-8(12)3-4-9(7)11/h3-5H,2,6,12H2,1H3. The number of hydrogen-bond donors (Lipinski definition) is 1. The minimum absolute atomic E-state index is 0.212. The predicted molar refractivity (Wildman–Crippen MR) is 63.9 cm³/mol. The van der Waals surface area contributed by atoms with E-state index in [1.54, 1.807) is 13.0 Å². The van der Waals surface area contributed by atoms with Crippen molar-refractivity contribution in [1.82, 2.24) is 0 Å². The van der Waals surface area contributed by atoms with Crippen molar-refractivity contribution < 1.29 is 9.53 Å². The third kappa shape index (κ3) is 3.17. The molecule has 76 valence electrons. The van der Waals surface area contributed by atoms with Gasteiger partial charge in [-0.25, -0.2) is 0 Å². The number of carbonyl (C=O) groups excluding carboxylic acids is 1. The molecule has 1 aromatic carbocycles. The van der Waals surface area contributed by atoms with Crippen LogP contribution in [0.2, 0.25) is 0 Å². The minimum atomic E-state index is -0.212. The summed E-state index contributed by atoms with van der Waals surface area (Å²) in [5, 5.41) is 0. The smallest absolute Gasteiger partial charge is 0.310 e. The number of benzene rings is 1. The van der Waals surface area contributed by atoms with Gasteiger partial charge in [0.2, 0.25) is 0 Å². The van der Waals surface area contributed by atoms with Crippen LogP contribution in [0.25, 0.3) is 0 Å². The lowest BCUT2D eigenvalue weighted by Crippen LogP contribution is -2.08. The van der Waals surface area contributed by atoms with Crippen LogP contribution in [0, 0.1) is 3.57 Å². The summed E-state index contributed by atoms with van der Waals surface area (Å²) in [6, 6.07) is 5.51. The second-order valence-corrected chi connectivity index (χ2v) is 3.99. The van der Waals surface area contributed by atoms with Crippen LogP contribution in [0.5, 0.6) is 0 Å². The lowest BCUT2D eigenvalue weighted by atomic mass is 10.1. The van der Waals surface area contributed by atoms with Crippen molar-refractivity contribution in [3.05, 3.63) is 27.3 Å². The van der Waals surface area contributed by atoms with Crippen LogP contribution in [0.1, 0.15) is 12.5 Å². The molecule has 0 amide bonds. The molecule has 0 saturated carbocycles. The van der Waals surface area contributed by atoms with Gasteiger partial charge >= 0.3 is 5.97 Å². The van der Waals surface area contributed by atoms with Gasteiger partial charge in [-0.3, -0.25) is 4.79 Å². The Balaban J connectivity index is 2.75. The van der Waals surface area contributed by atoms with Gasteiger partial charge in [0.15, 0.2) is 0 Å². The van der Waals surface area contributed by atoms with Crippen LogP contribution in [-0.2, 0) is 16.0 Å². The van der Waals surface area contributed by atoms with Crippen LogP contribution in [0.4, 0.5) is 5.69 Å². The van der Waals surface area contributed by atoms with Gasteiger partial charge in [-0.15, -0.1) is 0 Å². The molecule has 0 unspecified atom stereocenters. The Hall–Kier alpha value is -0.780. The number of rotatable bonds is 3. The molecule has 0 aliphatic carbocycles. The molecule has 0 fully saturated rings. The van der Waals surface area contributed by atoms with Crippen molar-refractivity contribution >= 4 is 34.2 Å². The van der Waals surface area contributed by atoms with Crippen molar-refractivity contribution in [3.63, 3.8) is 0 Å². The number of nitrogen functional groups attached to an aromatic ring is 1. The quantitative estimate of drug-likeness (QED) is 0.528. The second-order valence-electron chi connectivity index (χ2n) is 2.83. The molecule has 0 radical (unpaired) electrons. The third-order valence-electron chi connectivity index (χ3n) is 1.71. The first-order valence-electron chi connectivity index (χ1n) is 4.33. The second kappa shape index (κ2) is 5.19. The molecule has 14 heavy (non-hydrogen) atoms. The van der Waals surface area contributed by atoms with E-state index in [9.17, 15) is 4.79 Å². The molecular weight excluding hydrogens is 293 g/mol. The monoisotopic (exact) mass is 305 g/mol. The highest BCUT2D eigenvalue weighted by atomic mass is 127. The van der Waals surface area contributed by atoms with Crippen LogP contribution >= 0.6 is 22.6 Å². The van der Waals surface area contributed by atoms with Gasteiger partial charge in [-0.2, -0.15) is 0 Å². The summed E-state index contributed by atoms with van der Waals surface area (Å²) >= 11 is 2.18. The minimum Gasteiger partial charge on any atom is -0.466 e. The summed E-state index contributed by atoms with van der Waals surface area (Å²) < 4.78 is 5.89. The van der Waals surface area contributed by atoms with Crippen molar-refractivity contribution in [2.45, 2.75) is 13.3 Å². The van der Waals surface area contributed by atoms with Crippen LogP contribution in [-0.4, -0.2) is 12.6 Å². The summed E-state index contributed by atoms with van der Waals surface area (Å²) in [6.45, 7) is 2.21. The fourth-order valence-electron chi connectivity index (χ4n) is 1.10. The Morgan fingerprint density at radius 1 is 1.57 bits per heavy atom. The highest BCUT2D eigenvalue weighted by Gasteiger charge is 2.07. The van der Waals surface area contributed by atoms with Crippen molar-refractivity contribution in [2.75, 3.05) is 12.3 Å². The first-order chi connectivity index (χ1) is 6.63. The fourth-order valence-corrected chi connectivity index (χ4v) is 1.62. The molecule has 0 spiro atoms. The van der Waals surface area contributed by atoms with Crippen molar-refractivity contribution in [1.29, 1.82) is 0 Å². The van der Waals surface area contributed by atoms with E-state index < -0.39 is 0 Å². The lowest BCUT2D eigenvalue weighted by molar-refractivity contribution is -0.142. The van der Waals surface area contributed by atoms with Crippen molar-refractivity contribution in [2.24, 2.45) is 0 Å². The van der Waals surface area contributed by atoms with E-state index >= 15 is 0 Å². The Bertz CT molecular complexity index is 339. The Morgan fingerprint density at radius 3 is 2.93 bits per heavy atom.